The molecular weight excluding hydrogens is 165 g/mol. The zero-order chi connectivity index (χ0) is 9.02. The molecule has 0 aromatic heterocycles. The largest absolute Gasteiger partial charge is 0.304 e. The van der Waals surface area contributed by atoms with Crippen molar-refractivity contribution < 1.29 is 4.39 Å². The van der Waals surface area contributed by atoms with Crippen LogP contribution in [0.2, 0.25) is 0 Å². The van der Waals surface area contributed by atoms with Crippen molar-refractivity contribution in [3.05, 3.63) is 22.5 Å². The van der Waals surface area contributed by atoms with Gasteiger partial charge in [-0.1, -0.05) is 11.6 Å². The van der Waals surface area contributed by atoms with Crippen molar-refractivity contribution in [3.63, 3.8) is 0 Å². The summed E-state index contributed by atoms with van der Waals surface area (Å²) in [5.41, 5.74) is 0.729. The third-order valence-corrected chi connectivity index (χ3v) is 1.48. The molecule has 0 aliphatic heterocycles. The van der Waals surface area contributed by atoms with E-state index in [9.17, 15) is 4.39 Å². The molecule has 0 aliphatic rings. The zero-order valence-electron chi connectivity index (χ0n) is 6.83. The Bertz CT molecular complexity index is 224. The molecule has 0 heterocycles. The number of hydrogen-bond acceptors (Lipinski definition) is 1. The van der Waals surface area contributed by atoms with Crippen molar-refractivity contribution in [1.82, 2.24) is 0 Å². The highest BCUT2D eigenvalue weighted by Crippen LogP contribution is 2.12. The molecule has 0 fully saturated rings. The van der Waals surface area contributed by atoms with E-state index in [4.69, 9.17) is 17.0 Å². The molecule has 0 aromatic carbocycles. The minimum Gasteiger partial charge on any atom is -0.304 e. The SMILES string of the molecule is CC(=N)/C(Cl)=C\C(F)=C(C)C. The minimum absolute atomic E-state index is 0.142. The average Bonchev–Trinajstić information content (AvgIpc) is 1.87. The topological polar surface area (TPSA) is 23.9 Å². The molecule has 3 heteroatoms. The molecule has 0 aliphatic carbocycles. The molecule has 0 saturated heterocycles. The predicted octanol–water partition coefficient (Wildman–Crippen LogP) is 3.41. The molecule has 0 rings (SSSR count). The van der Waals surface area contributed by atoms with E-state index >= 15 is 0 Å². The lowest BCUT2D eigenvalue weighted by Gasteiger charge is -1.94. The van der Waals surface area contributed by atoms with Gasteiger partial charge in [-0.25, -0.2) is 4.39 Å². The van der Waals surface area contributed by atoms with E-state index in [2.05, 4.69) is 0 Å². The summed E-state index contributed by atoms with van der Waals surface area (Å²) < 4.78 is 12.8. The monoisotopic (exact) mass is 175 g/mol. The summed E-state index contributed by atoms with van der Waals surface area (Å²) in [4.78, 5) is 0. The van der Waals surface area contributed by atoms with Gasteiger partial charge in [0.15, 0.2) is 0 Å². The summed E-state index contributed by atoms with van der Waals surface area (Å²) >= 11 is 5.52. The van der Waals surface area contributed by atoms with Crippen molar-refractivity contribution in [2.75, 3.05) is 0 Å². The van der Waals surface area contributed by atoms with Crippen molar-refractivity contribution >= 4 is 17.3 Å². The first-order valence-electron chi connectivity index (χ1n) is 3.21. The van der Waals surface area contributed by atoms with Gasteiger partial charge in [0.1, 0.15) is 5.83 Å². The quantitative estimate of drug-likeness (QED) is 0.491. The minimum atomic E-state index is -0.374. The Hall–Kier alpha value is -0.630. The molecule has 11 heavy (non-hydrogen) atoms. The van der Waals surface area contributed by atoms with E-state index in [1.54, 1.807) is 13.8 Å². The van der Waals surface area contributed by atoms with Gasteiger partial charge in [0.25, 0.3) is 0 Å². The summed E-state index contributed by atoms with van der Waals surface area (Å²) in [7, 11) is 0. The molecule has 0 radical (unpaired) electrons. The number of allylic oxidation sites excluding steroid dienone is 4. The molecule has 0 bridgehead atoms. The number of halogens is 2. The summed E-state index contributed by atoms with van der Waals surface area (Å²) in [6.45, 7) is 4.81. The van der Waals surface area contributed by atoms with E-state index in [-0.39, 0.29) is 16.6 Å². The highest BCUT2D eigenvalue weighted by molar-refractivity contribution is 6.42. The van der Waals surface area contributed by atoms with Crippen LogP contribution in [0.3, 0.4) is 0 Å². The Morgan fingerprint density at radius 2 is 1.82 bits per heavy atom. The first kappa shape index (κ1) is 10.4. The van der Waals surface area contributed by atoms with Crippen molar-refractivity contribution in [3.8, 4) is 0 Å². The van der Waals surface area contributed by atoms with Crippen LogP contribution in [0.25, 0.3) is 0 Å². The van der Waals surface area contributed by atoms with Gasteiger partial charge >= 0.3 is 0 Å². The van der Waals surface area contributed by atoms with Gasteiger partial charge < -0.3 is 5.41 Å². The summed E-state index contributed by atoms with van der Waals surface area (Å²) in [6, 6.07) is 0. The average molecular weight is 176 g/mol. The van der Waals surface area contributed by atoms with E-state index < -0.39 is 0 Å². The van der Waals surface area contributed by atoms with Gasteiger partial charge in [-0.2, -0.15) is 0 Å². The first-order chi connectivity index (χ1) is 4.95. The number of rotatable bonds is 2. The standard InChI is InChI=1S/C8H11ClFN/c1-5(2)8(10)4-7(9)6(3)11/h4,11H,1-3H3/b7-4+,11-6?. The Labute approximate surface area is 71.1 Å². The molecular formula is C8H11ClFN. The highest BCUT2D eigenvalue weighted by atomic mass is 35.5. The van der Waals surface area contributed by atoms with Crippen LogP contribution in [0.1, 0.15) is 20.8 Å². The van der Waals surface area contributed by atoms with Gasteiger partial charge in [0.2, 0.25) is 0 Å². The molecule has 0 amide bonds. The van der Waals surface area contributed by atoms with Crippen LogP contribution in [0.4, 0.5) is 4.39 Å². The molecule has 0 atom stereocenters. The Kier molecular flexibility index (Phi) is 4.04. The second kappa shape index (κ2) is 4.29. The third kappa shape index (κ3) is 3.94. The summed E-state index contributed by atoms with van der Waals surface area (Å²) in [5, 5.41) is 7.19. The van der Waals surface area contributed by atoms with Crippen LogP contribution in [0, 0.1) is 5.41 Å². The summed E-state index contributed by atoms with van der Waals surface area (Å²) in [6.07, 6.45) is 1.15. The molecule has 1 N–H and O–H groups in total. The second-order valence-corrected chi connectivity index (χ2v) is 2.87. The van der Waals surface area contributed by atoms with Gasteiger partial charge in [0.05, 0.1) is 5.03 Å². The molecule has 1 nitrogen and oxygen atoms in total. The normalized spacial score (nSPS) is 11.2. The third-order valence-electron chi connectivity index (χ3n) is 1.09. The fourth-order valence-corrected chi connectivity index (χ4v) is 0.460. The van der Waals surface area contributed by atoms with Gasteiger partial charge in [0, 0.05) is 5.71 Å². The predicted molar refractivity (Wildman–Crippen MR) is 46.8 cm³/mol. The maximum absolute atomic E-state index is 12.8. The number of nitrogens with one attached hydrogen (secondary N) is 1. The lowest BCUT2D eigenvalue weighted by Crippen LogP contribution is -1.87. The van der Waals surface area contributed by atoms with E-state index in [1.807, 2.05) is 0 Å². The van der Waals surface area contributed by atoms with Gasteiger partial charge in [-0.05, 0) is 32.4 Å². The second-order valence-electron chi connectivity index (χ2n) is 2.47. The van der Waals surface area contributed by atoms with Crippen molar-refractivity contribution in [2.24, 2.45) is 0 Å². The smallest absolute Gasteiger partial charge is 0.123 e. The van der Waals surface area contributed by atoms with Crippen molar-refractivity contribution in [1.29, 1.82) is 5.41 Å². The van der Waals surface area contributed by atoms with Crippen LogP contribution in [-0.4, -0.2) is 5.71 Å². The maximum atomic E-state index is 12.8. The lowest BCUT2D eigenvalue weighted by atomic mass is 10.2. The maximum Gasteiger partial charge on any atom is 0.123 e. The fraction of sp³-hybridized carbons (Fsp3) is 0.375. The van der Waals surface area contributed by atoms with Crippen LogP contribution in [0.15, 0.2) is 22.5 Å². The van der Waals surface area contributed by atoms with Gasteiger partial charge in [-0.15, -0.1) is 0 Å². The van der Waals surface area contributed by atoms with Gasteiger partial charge in [-0.3, -0.25) is 0 Å². The molecule has 0 saturated carbocycles. The van der Waals surface area contributed by atoms with E-state index in [0.29, 0.717) is 5.57 Å². The van der Waals surface area contributed by atoms with Crippen molar-refractivity contribution in [2.45, 2.75) is 20.8 Å². The Balaban J connectivity index is 4.58. The van der Waals surface area contributed by atoms with Crippen LogP contribution >= 0.6 is 11.6 Å². The van der Waals surface area contributed by atoms with E-state index in [1.165, 1.54) is 6.92 Å². The van der Waals surface area contributed by atoms with Crippen LogP contribution < -0.4 is 0 Å². The molecule has 0 aromatic rings. The van der Waals surface area contributed by atoms with Crippen LogP contribution in [0.5, 0.6) is 0 Å². The molecule has 0 unspecified atom stereocenters. The highest BCUT2D eigenvalue weighted by Gasteiger charge is 1.98. The molecule has 62 valence electrons. The Morgan fingerprint density at radius 1 is 1.36 bits per heavy atom. The fourth-order valence-electron chi connectivity index (χ4n) is 0.364. The molecule has 0 spiro atoms. The van der Waals surface area contributed by atoms with Crippen LogP contribution in [-0.2, 0) is 0 Å². The lowest BCUT2D eigenvalue weighted by molar-refractivity contribution is 0.654. The Morgan fingerprint density at radius 3 is 2.09 bits per heavy atom. The summed E-state index contributed by atoms with van der Waals surface area (Å²) in [5.74, 6) is -0.374. The zero-order valence-corrected chi connectivity index (χ0v) is 7.59. The first-order valence-corrected chi connectivity index (χ1v) is 3.58. The number of hydrogen-bond donors (Lipinski definition) is 1. The van der Waals surface area contributed by atoms with E-state index in [0.717, 1.165) is 6.08 Å².